The van der Waals surface area contributed by atoms with Crippen LogP contribution in [0.2, 0.25) is 0 Å². The van der Waals surface area contributed by atoms with E-state index in [9.17, 15) is 9.90 Å². The van der Waals surface area contributed by atoms with Gasteiger partial charge in [-0.25, -0.2) is 4.79 Å². The second-order valence-corrected chi connectivity index (χ2v) is 2.76. The summed E-state index contributed by atoms with van der Waals surface area (Å²) >= 11 is 0. The molecule has 0 aromatic rings. The molecule has 0 rings (SSSR count). The lowest BCUT2D eigenvalue weighted by atomic mass is 10.1. The maximum absolute atomic E-state index is 10.7. The number of hydrogen-bond acceptors (Lipinski definition) is 4. The van der Waals surface area contributed by atoms with Crippen molar-refractivity contribution in [2.45, 2.75) is 19.4 Å². The molecule has 70 valence electrons. The first-order valence-electron chi connectivity index (χ1n) is 3.64. The van der Waals surface area contributed by atoms with Crippen molar-refractivity contribution in [2.24, 2.45) is 0 Å². The minimum absolute atomic E-state index is 0.202. The number of allylic oxidation sites excluding steroid dienone is 1. The lowest BCUT2D eigenvalue weighted by Gasteiger charge is -2.18. The predicted molar refractivity (Wildman–Crippen MR) is 43.5 cm³/mol. The number of esters is 1. The Morgan fingerprint density at radius 3 is 2.67 bits per heavy atom. The first-order chi connectivity index (χ1) is 5.52. The van der Waals surface area contributed by atoms with E-state index in [-0.39, 0.29) is 6.61 Å². The van der Waals surface area contributed by atoms with Gasteiger partial charge in [0.2, 0.25) is 0 Å². The van der Waals surface area contributed by atoms with E-state index in [4.69, 9.17) is 5.11 Å². The number of aliphatic hydroxyl groups is 2. The molecule has 0 spiro atoms. The van der Waals surface area contributed by atoms with Gasteiger partial charge in [0.25, 0.3) is 0 Å². The predicted octanol–water partition coefficient (Wildman–Crippen LogP) is -0.151. The average Bonchev–Trinajstić information content (AvgIpc) is 2.02. The van der Waals surface area contributed by atoms with E-state index in [1.807, 2.05) is 0 Å². The number of carbonyl (C=O) groups is 1. The lowest BCUT2D eigenvalue weighted by Crippen LogP contribution is -2.35. The SMILES string of the molecule is C/C=C\C(=O)OCC(C)(O)CO. The van der Waals surface area contributed by atoms with Crippen molar-refractivity contribution in [1.29, 1.82) is 0 Å². The summed E-state index contributed by atoms with van der Waals surface area (Å²) in [6.07, 6.45) is 2.78. The Morgan fingerprint density at radius 1 is 1.67 bits per heavy atom. The Kier molecular flexibility index (Phi) is 4.54. The first kappa shape index (κ1) is 11.1. The summed E-state index contributed by atoms with van der Waals surface area (Å²) in [5.74, 6) is -0.522. The molecule has 1 atom stereocenters. The van der Waals surface area contributed by atoms with Crippen molar-refractivity contribution in [3.8, 4) is 0 Å². The molecule has 0 aromatic carbocycles. The molecule has 12 heavy (non-hydrogen) atoms. The number of carbonyl (C=O) groups excluding carboxylic acids is 1. The molecule has 0 heterocycles. The van der Waals surface area contributed by atoms with Crippen LogP contribution in [0, 0.1) is 0 Å². The first-order valence-corrected chi connectivity index (χ1v) is 3.64. The highest BCUT2D eigenvalue weighted by atomic mass is 16.5. The fourth-order valence-electron chi connectivity index (χ4n) is 0.456. The monoisotopic (exact) mass is 174 g/mol. The van der Waals surface area contributed by atoms with Gasteiger partial charge in [-0.05, 0) is 13.8 Å². The van der Waals surface area contributed by atoms with Gasteiger partial charge in [-0.15, -0.1) is 0 Å². The summed E-state index contributed by atoms with van der Waals surface area (Å²) in [6.45, 7) is 2.43. The molecule has 0 bridgehead atoms. The second-order valence-electron chi connectivity index (χ2n) is 2.76. The topological polar surface area (TPSA) is 66.8 Å². The van der Waals surface area contributed by atoms with E-state index in [0.717, 1.165) is 0 Å². The summed E-state index contributed by atoms with van der Waals surface area (Å²) in [7, 11) is 0. The molecule has 4 heteroatoms. The molecular weight excluding hydrogens is 160 g/mol. The van der Waals surface area contributed by atoms with Gasteiger partial charge in [-0.1, -0.05) is 6.08 Å². The van der Waals surface area contributed by atoms with Gasteiger partial charge in [-0.2, -0.15) is 0 Å². The Balaban J connectivity index is 3.75. The van der Waals surface area contributed by atoms with Crippen molar-refractivity contribution < 1.29 is 19.7 Å². The summed E-state index contributed by atoms with van der Waals surface area (Å²) in [4.78, 5) is 10.7. The molecule has 0 radical (unpaired) electrons. The third-order valence-electron chi connectivity index (χ3n) is 1.17. The van der Waals surface area contributed by atoms with Crippen LogP contribution in [0.3, 0.4) is 0 Å². The van der Waals surface area contributed by atoms with E-state index < -0.39 is 18.2 Å². The van der Waals surface area contributed by atoms with E-state index in [2.05, 4.69) is 4.74 Å². The van der Waals surface area contributed by atoms with E-state index in [1.54, 1.807) is 6.92 Å². The van der Waals surface area contributed by atoms with Crippen LogP contribution in [0.1, 0.15) is 13.8 Å². The molecule has 1 unspecified atom stereocenters. The quantitative estimate of drug-likeness (QED) is 0.459. The largest absolute Gasteiger partial charge is 0.459 e. The van der Waals surface area contributed by atoms with E-state index in [1.165, 1.54) is 19.1 Å². The fraction of sp³-hybridized carbons (Fsp3) is 0.625. The Labute approximate surface area is 71.5 Å². The average molecular weight is 174 g/mol. The van der Waals surface area contributed by atoms with Crippen LogP contribution in [-0.2, 0) is 9.53 Å². The van der Waals surface area contributed by atoms with Gasteiger partial charge in [0, 0.05) is 6.08 Å². The Hall–Kier alpha value is -0.870. The molecule has 0 amide bonds. The number of ether oxygens (including phenoxy) is 1. The van der Waals surface area contributed by atoms with Crippen LogP contribution in [0.15, 0.2) is 12.2 Å². The van der Waals surface area contributed by atoms with Crippen LogP contribution in [0.25, 0.3) is 0 Å². The normalized spacial score (nSPS) is 16.0. The highest BCUT2D eigenvalue weighted by molar-refractivity contribution is 5.81. The van der Waals surface area contributed by atoms with Gasteiger partial charge < -0.3 is 14.9 Å². The van der Waals surface area contributed by atoms with Crippen LogP contribution >= 0.6 is 0 Å². The third kappa shape index (κ3) is 4.87. The van der Waals surface area contributed by atoms with Crippen LogP contribution < -0.4 is 0 Å². The van der Waals surface area contributed by atoms with E-state index >= 15 is 0 Å². The molecule has 2 N–H and O–H groups in total. The molecule has 0 aliphatic rings. The minimum Gasteiger partial charge on any atom is -0.459 e. The summed E-state index contributed by atoms with van der Waals surface area (Å²) in [5.41, 5.74) is -1.35. The van der Waals surface area contributed by atoms with Crippen molar-refractivity contribution in [3.05, 3.63) is 12.2 Å². The highest BCUT2D eigenvalue weighted by Gasteiger charge is 2.20. The zero-order valence-electron chi connectivity index (χ0n) is 7.28. The lowest BCUT2D eigenvalue weighted by molar-refractivity contribution is -0.146. The zero-order chi connectivity index (χ0) is 9.61. The zero-order valence-corrected chi connectivity index (χ0v) is 7.28. The minimum atomic E-state index is -1.35. The van der Waals surface area contributed by atoms with E-state index in [0.29, 0.717) is 0 Å². The molecule has 0 aliphatic heterocycles. The van der Waals surface area contributed by atoms with Crippen LogP contribution in [0.5, 0.6) is 0 Å². The third-order valence-corrected chi connectivity index (χ3v) is 1.17. The van der Waals surface area contributed by atoms with Gasteiger partial charge >= 0.3 is 5.97 Å². The maximum Gasteiger partial charge on any atom is 0.330 e. The van der Waals surface area contributed by atoms with Crippen LogP contribution in [0.4, 0.5) is 0 Å². The summed E-state index contributed by atoms with van der Waals surface area (Å²) in [6, 6.07) is 0. The standard InChI is InChI=1S/C8H14O4/c1-3-4-7(10)12-6-8(2,11)5-9/h3-4,9,11H,5-6H2,1-2H3/b4-3-. The summed E-state index contributed by atoms with van der Waals surface area (Å²) in [5, 5.41) is 17.8. The molecular formula is C8H14O4. The van der Waals surface area contributed by atoms with Crippen LogP contribution in [-0.4, -0.2) is 35.0 Å². The number of hydrogen-bond donors (Lipinski definition) is 2. The van der Waals surface area contributed by atoms with Crippen molar-refractivity contribution in [2.75, 3.05) is 13.2 Å². The van der Waals surface area contributed by atoms with Gasteiger partial charge in [-0.3, -0.25) is 0 Å². The fourth-order valence-corrected chi connectivity index (χ4v) is 0.456. The van der Waals surface area contributed by atoms with Crippen molar-refractivity contribution in [1.82, 2.24) is 0 Å². The molecule has 0 fully saturated rings. The maximum atomic E-state index is 10.7. The van der Waals surface area contributed by atoms with Gasteiger partial charge in [0.05, 0.1) is 6.61 Å². The molecule has 0 saturated carbocycles. The van der Waals surface area contributed by atoms with Crippen molar-refractivity contribution in [3.63, 3.8) is 0 Å². The molecule has 4 nitrogen and oxygen atoms in total. The summed E-state index contributed by atoms with van der Waals surface area (Å²) < 4.78 is 4.60. The Bertz CT molecular complexity index is 172. The van der Waals surface area contributed by atoms with Gasteiger partial charge in [0.15, 0.2) is 0 Å². The number of aliphatic hydroxyl groups excluding tert-OH is 1. The van der Waals surface area contributed by atoms with Gasteiger partial charge in [0.1, 0.15) is 12.2 Å². The molecule has 0 aromatic heterocycles. The van der Waals surface area contributed by atoms with Crippen molar-refractivity contribution >= 4 is 5.97 Å². The highest BCUT2D eigenvalue weighted by Crippen LogP contribution is 2.01. The Morgan fingerprint density at radius 2 is 2.25 bits per heavy atom. The second kappa shape index (κ2) is 4.90. The number of rotatable bonds is 4. The molecule has 0 aliphatic carbocycles. The molecule has 0 saturated heterocycles. The smallest absolute Gasteiger partial charge is 0.330 e.